The number of nitrogens with zero attached hydrogens (tertiary/aromatic N) is 3. The van der Waals surface area contributed by atoms with Crippen LogP contribution in [0, 0.1) is 10.7 Å². The van der Waals surface area contributed by atoms with Crippen molar-refractivity contribution in [1.82, 2.24) is 9.97 Å². The van der Waals surface area contributed by atoms with Gasteiger partial charge in [-0.05, 0) is 12.3 Å². The summed E-state index contributed by atoms with van der Waals surface area (Å²) in [6.45, 7) is 6.44. The van der Waals surface area contributed by atoms with Crippen molar-refractivity contribution < 1.29 is 9.32 Å². The molecule has 0 aromatic carbocycles. The van der Waals surface area contributed by atoms with Crippen LogP contribution < -0.4 is 16.0 Å². The summed E-state index contributed by atoms with van der Waals surface area (Å²) in [5.41, 5.74) is 6.29. The smallest absolute Gasteiger partial charge is 0.231 e. The molecule has 1 aliphatic heterocycles. The molecule has 5 N–H and O–H groups in total. The lowest BCUT2D eigenvalue weighted by molar-refractivity contribution is 0.199. The van der Waals surface area contributed by atoms with E-state index in [0.29, 0.717) is 30.4 Å². The van der Waals surface area contributed by atoms with Gasteiger partial charge in [-0.1, -0.05) is 20.8 Å². The normalized spacial score (nSPS) is 20.2. The lowest BCUT2D eigenvalue weighted by Crippen LogP contribution is -2.38. The van der Waals surface area contributed by atoms with Gasteiger partial charge in [0.2, 0.25) is 11.5 Å². The fourth-order valence-corrected chi connectivity index (χ4v) is 3.46. The Morgan fingerprint density at radius 1 is 1.52 bits per heavy atom. The van der Waals surface area contributed by atoms with Gasteiger partial charge in [-0.2, -0.15) is 4.98 Å². The highest BCUT2D eigenvalue weighted by Crippen LogP contribution is 2.36. The van der Waals surface area contributed by atoms with Crippen molar-refractivity contribution in [3.8, 4) is 0 Å². The predicted molar refractivity (Wildman–Crippen MR) is 82.5 cm³/mol. The SMILES string of the molecule is CCCS(=N)(=O)c1nc(N)c2c(n1)N(CC(C)C)C(O)N2. The van der Waals surface area contributed by atoms with E-state index in [1.807, 2.05) is 20.8 Å². The van der Waals surface area contributed by atoms with Crippen LogP contribution in [0.3, 0.4) is 0 Å². The average molecular weight is 314 g/mol. The number of fused-ring (bicyclic) bond motifs is 1. The standard InChI is InChI=1S/C12H22N6O2S/c1-4-5-21(14,20)11-16-9(13)8-10(17-11)18(6-7(2)3)12(19)15-8/h7,12,14-15,19H,4-6H2,1-3H3,(H2,13,16,17). The Hall–Kier alpha value is -1.61. The first-order valence-corrected chi connectivity index (χ1v) is 8.64. The Labute approximate surface area is 124 Å². The maximum absolute atomic E-state index is 12.3. The molecule has 1 aliphatic rings. The summed E-state index contributed by atoms with van der Waals surface area (Å²) in [7, 11) is -3.06. The van der Waals surface area contributed by atoms with Crippen molar-refractivity contribution in [3.05, 3.63) is 0 Å². The molecular formula is C12H22N6O2S. The van der Waals surface area contributed by atoms with Gasteiger partial charge in [-0.3, -0.25) is 0 Å². The molecule has 0 amide bonds. The van der Waals surface area contributed by atoms with Crippen molar-refractivity contribution in [3.63, 3.8) is 0 Å². The Kier molecular flexibility index (Phi) is 4.24. The number of rotatable bonds is 5. The molecule has 0 fully saturated rings. The molecule has 118 valence electrons. The molecule has 9 heteroatoms. The highest BCUT2D eigenvalue weighted by Gasteiger charge is 2.33. The molecule has 1 aromatic rings. The van der Waals surface area contributed by atoms with Gasteiger partial charge in [0.15, 0.2) is 11.6 Å². The Morgan fingerprint density at radius 3 is 2.76 bits per heavy atom. The van der Waals surface area contributed by atoms with E-state index in [4.69, 9.17) is 10.5 Å². The van der Waals surface area contributed by atoms with Crippen molar-refractivity contribution >= 4 is 27.1 Å². The third kappa shape index (κ3) is 3.03. The summed E-state index contributed by atoms with van der Waals surface area (Å²) in [6, 6.07) is 0. The number of aliphatic hydroxyl groups is 1. The summed E-state index contributed by atoms with van der Waals surface area (Å²) in [5.74, 6) is 1.000. The van der Waals surface area contributed by atoms with E-state index in [9.17, 15) is 9.32 Å². The first kappa shape index (κ1) is 15.8. The Balaban J connectivity index is 2.49. The van der Waals surface area contributed by atoms with E-state index in [2.05, 4.69) is 15.3 Å². The van der Waals surface area contributed by atoms with Crippen LogP contribution >= 0.6 is 0 Å². The van der Waals surface area contributed by atoms with E-state index < -0.39 is 16.1 Å². The van der Waals surface area contributed by atoms with Crippen LogP contribution in [0.5, 0.6) is 0 Å². The Bertz CT molecular complexity index is 631. The highest BCUT2D eigenvalue weighted by atomic mass is 32.2. The topological polar surface area (TPSA) is 128 Å². The summed E-state index contributed by atoms with van der Waals surface area (Å²) in [6.07, 6.45) is -0.346. The maximum atomic E-state index is 12.3. The van der Waals surface area contributed by atoms with E-state index in [1.165, 1.54) is 0 Å². The van der Waals surface area contributed by atoms with Gasteiger partial charge in [0.05, 0.1) is 0 Å². The van der Waals surface area contributed by atoms with Crippen LogP contribution in [0.1, 0.15) is 27.2 Å². The van der Waals surface area contributed by atoms with E-state index in [0.717, 1.165) is 0 Å². The third-order valence-electron chi connectivity index (χ3n) is 3.09. The number of aromatic nitrogens is 2. The molecule has 1 aromatic heterocycles. The number of anilines is 3. The van der Waals surface area contributed by atoms with E-state index >= 15 is 0 Å². The monoisotopic (exact) mass is 314 g/mol. The molecule has 8 nitrogen and oxygen atoms in total. The van der Waals surface area contributed by atoms with Crippen LogP contribution in [0.4, 0.5) is 17.3 Å². The fraction of sp³-hybridized carbons (Fsp3) is 0.667. The molecule has 2 heterocycles. The van der Waals surface area contributed by atoms with Crippen LogP contribution in [-0.2, 0) is 9.73 Å². The first-order chi connectivity index (χ1) is 9.76. The third-order valence-corrected chi connectivity index (χ3v) is 4.84. The van der Waals surface area contributed by atoms with Crippen LogP contribution in [-0.4, -0.2) is 37.9 Å². The van der Waals surface area contributed by atoms with Crippen molar-refractivity contribution in [2.75, 3.05) is 28.2 Å². The second kappa shape index (κ2) is 5.64. The van der Waals surface area contributed by atoms with Crippen LogP contribution in [0.25, 0.3) is 0 Å². The van der Waals surface area contributed by atoms with Gasteiger partial charge >= 0.3 is 0 Å². The molecule has 21 heavy (non-hydrogen) atoms. The summed E-state index contributed by atoms with van der Waals surface area (Å²) in [4.78, 5) is 9.87. The number of nitrogens with two attached hydrogens (primary N) is 1. The molecule has 0 saturated heterocycles. The lowest BCUT2D eigenvalue weighted by Gasteiger charge is -2.23. The average Bonchev–Trinajstić information content (AvgIpc) is 2.67. The molecule has 2 unspecified atom stereocenters. The summed E-state index contributed by atoms with van der Waals surface area (Å²) >= 11 is 0. The molecular weight excluding hydrogens is 292 g/mol. The maximum Gasteiger partial charge on any atom is 0.231 e. The van der Waals surface area contributed by atoms with E-state index in [-0.39, 0.29) is 16.7 Å². The lowest BCUT2D eigenvalue weighted by atomic mass is 10.2. The van der Waals surface area contributed by atoms with Crippen molar-refractivity contribution in [2.24, 2.45) is 5.92 Å². The quantitative estimate of drug-likeness (QED) is 0.598. The van der Waals surface area contributed by atoms with Gasteiger partial charge in [0.1, 0.15) is 15.4 Å². The molecule has 0 aliphatic carbocycles. The number of hydrogen-bond acceptors (Lipinski definition) is 8. The minimum atomic E-state index is -3.06. The number of hydrogen-bond donors (Lipinski definition) is 4. The fourth-order valence-electron chi connectivity index (χ4n) is 2.22. The minimum absolute atomic E-state index is 0.0646. The number of nitrogen functional groups attached to an aromatic ring is 1. The second-order valence-corrected chi connectivity index (χ2v) is 7.66. The van der Waals surface area contributed by atoms with Gasteiger partial charge in [-0.15, -0.1) is 0 Å². The van der Waals surface area contributed by atoms with Crippen molar-refractivity contribution in [2.45, 2.75) is 38.7 Å². The van der Waals surface area contributed by atoms with E-state index in [1.54, 1.807) is 4.90 Å². The number of nitrogens with one attached hydrogen (secondary N) is 2. The van der Waals surface area contributed by atoms with Crippen molar-refractivity contribution in [1.29, 1.82) is 4.78 Å². The van der Waals surface area contributed by atoms with Gasteiger partial charge in [-0.25, -0.2) is 14.0 Å². The van der Waals surface area contributed by atoms with Gasteiger partial charge in [0.25, 0.3) is 0 Å². The molecule has 0 bridgehead atoms. The Morgan fingerprint density at radius 2 is 2.19 bits per heavy atom. The zero-order chi connectivity index (χ0) is 15.8. The predicted octanol–water partition coefficient (Wildman–Crippen LogP) is 1.04. The second-order valence-electron chi connectivity index (χ2n) is 5.53. The highest BCUT2D eigenvalue weighted by molar-refractivity contribution is 7.92. The largest absolute Gasteiger partial charge is 0.382 e. The molecule has 0 radical (unpaired) electrons. The zero-order valence-electron chi connectivity index (χ0n) is 12.5. The number of aliphatic hydroxyl groups excluding tert-OH is 1. The first-order valence-electron chi connectivity index (χ1n) is 6.91. The van der Waals surface area contributed by atoms with Crippen LogP contribution in [0.2, 0.25) is 0 Å². The molecule has 0 spiro atoms. The van der Waals surface area contributed by atoms with Gasteiger partial charge < -0.3 is 21.1 Å². The zero-order valence-corrected chi connectivity index (χ0v) is 13.3. The van der Waals surface area contributed by atoms with Gasteiger partial charge in [0, 0.05) is 12.3 Å². The molecule has 2 rings (SSSR count). The minimum Gasteiger partial charge on any atom is -0.382 e. The summed E-state index contributed by atoms with van der Waals surface area (Å²) < 4.78 is 20.3. The van der Waals surface area contributed by atoms with Crippen LogP contribution in [0.15, 0.2) is 5.16 Å². The molecule has 0 saturated carbocycles. The summed E-state index contributed by atoms with van der Waals surface area (Å²) in [5, 5.41) is 12.8. The molecule has 2 atom stereocenters.